The number of hydrogen-bond donors (Lipinski definition) is 1. The predicted molar refractivity (Wildman–Crippen MR) is 133 cm³/mol. The molecule has 0 aliphatic carbocycles. The van der Waals surface area contributed by atoms with Crippen LogP contribution in [0.1, 0.15) is 33.6 Å². The Bertz CT molecular complexity index is 1180. The van der Waals surface area contributed by atoms with Crippen LogP contribution in [0, 0.1) is 5.92 Å². The Morgan fingerprint density at radius 1 is 0.943 bits per heavy atom. The van der Waals surface area contributed by atoms with E-state index in [2.05, 4.69) is 4.90 Å². The van der Waals surface area contributed by atoms with Gasteiger partial charge in [0, 0.05) is 35.7 Å². The number of nitrogens with zero attached hydrogens (tertiary/aromatic N) is 2. The van der Waals surface area contributed by atoms with Crippen molar-refractivity contribution in [1.29, 1.82) is 0 Å². The van der Waals surface area contributed by atoms with E-state index in [1.165, 1.54) is 4.90 Å². The van der Waals surface area contributed by atoms with Gasteiger partial charge in [0.2, 0.25) is 0 Å². The van der Waals surface area contributed by atoms with Crippen molar-refractivity contribution in [3.63, 3.8) is 0 Å². The Morgan fingerprint density at radius 3 is 2.23 bits per heavy atom. The Hall–Kier alpha value is -3.42. The molecule has 1 N–H and O–H groups in total. The number of likely N-dealkylation sites (tertiary alicyclic amines) is 1. The number of ether oxygens (including phenoxy) is 2. The van der Waals surface area contributed by atoms with Crippen LogP contribution >= 0.6 is 0 Å². The molecule has 0 spiro atoms. The van der Waals surface area contributed by atoms with Crippen molar-refractivity contribution in [3.05, 3.63) is 71.8 Å². The quantitative estimate of drug-likeness (QED) is 0.503. The molecule has 1 atom stereocenters. The molecule has 1 fully saturated rings. The number of carbonyl (C=O) groups excluding carboxylic acids is 2. The second-order valence-electron chi connectivity index (χ2n) is 9.32. The fourth-order valence-electron chi connectivity index (χ4n) is 5.09. The van der Waals surface area contributed by atoms with Gasteiger partial charge in [-0.1, -0.05) is 30.3 Å². The van der Waals surface area contributed by atoms with Crippen LogP contribution in [0.25, 0.3) is 10.8 Å². The minimum Gasteiger partial charge on any atom is -0.497 e. The highest BCUT2D eigenvalue weighted by molar-refractivity contribution is 6.25. The number of carbonyl (C=O) groups is 2. The summed E-state index contributed by atoms with van der Waals surface area (Å²) < 4.78 is 10.9. The first kappa shape index (κ1) is 23.3. The molecule has 182 valence electrons. The van der Waals surface area contributed by atoms with E-state index in [-0.39, 0.29) is 24.3 Å². The Morgan fingerprint density at radius 2 is 1.57 bits per heavy atom. The van der Waals surface area contributed by atoms with E-state index in [9.17, 15) is 14.7 Å². The van der Waals surface area contributed by atoms with Crippen LogP contribution < -0.4 is 9.47 Å². The molecule has 2 aliphatic heterocycles. The van der Waals surface area contributed by atoms with E-state index in [4.69, 9.17) is 9.47 Å². The van der Waals surface area contributed by atoms with Crippen molar-refractivity contribution in [3.8, 4) is 11.5 Å². The molecule has 0 aromatic heterocycles. The summed E-state index contributed by atoms with van der Waals surface area (Å²) in [4.78, 5) is 30.0. The molecular weight excluding hydrogens is 444 g/mol. The third kappa shape index (κ3) is 4.88. The van der Waals surface area contributed by atoms with E-state index < -0.39 is 6.10 Å². The molecule has 7 heteroatoms. The zero-order chi connectivity index (χ0) is 24.4. The lowest BCUT2D eigenvalue weighted by atomic mass is 9.91. The highest BCUT2D eigenvalue weighted by Crippen LogP contribution is 2.31. The van der Waals surface area contributed by atoms with Crippen LogP contribution in [0.4, 0.5) is 0 Å². The van der Waals surface area contributed by atoms with E-state index in [1.54, 1.807) is 13.2 Å². The van der Waals surface area contributed by atoms with E-state index >= 15 is 0 Å². The second-order valence-corrected chi connectivity index (χ2v) is 9.32. The molecule has 5 rings (SSSR count). The van der Waals surface area contributed by atoms with Gasteiger partial charge in [0.05, 0.1) is 7.11 Å². The number of β-amino-alcohol motifs (C(OH)–C–C–N with tert-alkyl or cyclic N) is 1. The average Bonchev–Trinajstić information content (AvgIpc) is 2.89. The lowest BCUT2D eigenvalue weighted by Gasteiger charge is -2.36. The third-order valence-corrected chi connectivity index (χ3v) is 6.96. The van der Waals surface area contributed by atoms with Crippen LogP contribution in [0.5, 0.6) is 11.5 Å². The summed E-state index contributed by atoms with van der Waals surface area (Å²) in [6, 6.07) is 18.6. The number of imide groups is 1. The summed E-state index contributed by atoms with van der Waals surface area (Å²) >= 11 is 0. The van der Waals surface area contributed by atoms with Crippen molar-refractivity contribution in [2.75, 3.05) is 39.9 Å². The number of piperidine rings is 1. The number of benzene rings is 3. The maximum Gasteiger partial charge on any atom is 0.261 e. The molecule has 3 aromatic carbocycles. The largest absolute Gasteiger partial charge is 0.497 e. The number of aliphatic hydroxyl groups excluding tert-OH is 1. The van der Waals surface area contributed by atoms with Crippen LogP contribution in [0.3, 0.4) is 0 Å². The van der Waals surface area contributed by atoms with Crippen LogP contribution in [0.2, 0.25) is 0 Å². The molecule has 2 aliphatic rings. The van der Waals surface area contributed by atoms with E-state index in [0.29, 0.717) is 35.7 Å². The zero-order valence-corrected chi connectivity index (χ0v) is 19.9. The number of rotatable bonds is 8. The smallest absolute Gasteiger partial charge is 0.261 e. The monoisotopic (exact) mass is 474 g/mol. The summed E-state index contributed by atoms with van der Waals surface area (Å²) in [5.41, 5.74) is 1.21. The summed E-state index contributed by atoms with van der Waals surface area (Å²) in [7, 11) is 1.61. The highest BCUT2D eigenvalue weighted by Gasteiger charge is 2.34. The van der Waals surface area contributed by atoms with Gasteiger partial charge in [-0.25, -0.2) is 0 Å². The maximum atomic E-state index is 13.2. The van der Waals surface area contributed by atoms with Gasteiger partial charge in [0.1, 0.15) is 24.2 Å². The number of aliphatic hydroxyl groups is 1. The first-order valence-corrected chi connectivity index (χ1v) is 12.1. The minimum atomic E-state index is -0.611. The first-order valence-electron chi connectivity index (χ1n) is 12.1. The fraction of sp³-hybridized carbons (Fsp3) is 0.357. The van der Waals surface area contributed by atoms with Gasteiger partial charge >= 0.3 is 0 Å². The average molecular weight is 475 g/mol. The van der Waals surface area contributed by atoms with Crippen LogP contribution in [-0.4, -0.2) is 72.7 Å². The Balaban J connectivity index is 1.13. The number of amides is 2. The van der Waals surface area contributed by atoms with Gasteiger partial charge in [-0.05, 0) is 61.5 Å². The molecule has 2 amide bonds. The normalized spacial score (nSPS) is 17.6. The van der Waals surface area contributed by atoms with Crippen molar-refractivity contribution >= 4 is 22.6 Å². The molecule has 2 heterocycles. The predicted octanol–water partition coefficient (Wildman–Crippen LogP) is 3.60. The molecular formula is C28H30N2O5. The fourth-order valence-corrected chi connectivity index (χ4v) is 5.09. The van der Waals surface area contributed by atoms with E-state index in [0.717, 1.165) is 36.7 Å². The molecule has 0 unspecified atom stereocenters. The summed E-state index contributed by atoms with van der Waals surface area (Å²) in [6.45, 7) is 2.77. The van der Waals surface area contributed by atoms with Gasteiger partial charge < -0.3 is 19.5 Å². The van der Waals surface area contributed by atoms with Crippen molar-refractivity contribution in [1.82, 2.24) is 9.80 Å². The number of hydrogen-bond acceptors (Lipinski definition) is 6. The molecule has 3 aromatic rings. The van der Waals surface area contributed by atoms with Crippen molar-refractivity contribution in [2.24, 2.45) is 5.92 Å². The summed E-state index contributed by atoms with van der Waals surface area (Å²) in [5, 5.41) is 12.1. The van der Waals surface area contributed by atoms with Crippen molar-refractivity contribution in [2.45, 2.75) is 18.9 Å². The lowest BCUT2D eigenvalue weighted by molar-refractivity contribution is 0.0453. The maximum absolute atomic E-state index is 13.2. The van der Waals surface area contributed by atoms with Gasteiger partial charge in [-0.2, -0.15) is 0 Å². The minimum absolute atomic E-state index is 0.202. The number of methoxy groups -OCH3 is 1. The standard InChI is InChI=1S/C28H30N2O5/c1-34-22-7-4-8-23(15-22)35-18-21(31)17-29-13-11-19(12-14-29)16-30-27(32)24-9-2-5-20-6-3-10-25(26(20)24)28(30)33/h2-10,15,19,21,31H,11-14,16-18H2,1H3/t21-/m0/s1. The summed E-state index contributed by atoms with van der Waals surface area (Å²) in [5.74, 6) is 1.22. The Kier molecular flexibility index (Phi) is 6.70. The zero-order valence-electron chi connectivity index (χ0n) is 19.9. The molecule has 0 saturated carbocycles. The van der Waals surface area contributed by atoms with Gasteiger partial charge in [-0.3, -0.25) is 14.5 Å². The van der Waals surface area contributed by atoms with E-state index in [1.807, 2.05) is 54.6 Å². The third-order valence-electron chi connectivity index (χ3n) is 6.96. The van der Waals surface area contributed by atoms with Crippen LogP contribution in [-0.2, 0) is 0 Å². The second kappa shape index (κ2) is 10.1. The van der Waals surface area contributed by atoms with Crippen LogP contribution in [0.15, 0.2) is 60.7 Å². The summed E-state index contributed by atoms with van der Waals surface area (Å²) in [6.07, 6.45) is 1.12. The molecule has 7 nitrogen and oxygen atoms in total. The molecule has 0 radical (unpaired) electrons. The lowest BCUT2D eigenvalue weighted by Crippen LogP contribution is -2.46. The highest BCUT2D eigenvalue weighted by atomic mass is 16.5. The van der Waals surface area contributed by atoms with Gasteiger partial charge in [0.15, 0.2) is 0 Å². The first-order chi connectivity index (χ1) is 17.0. The topological polar surface area (TPSA) is 79.3 Å². The molecule has 35 heavy (non-hydrogen) atoms. The molecule has 1 saturated heterocycles. The Labute approximate surface area is 204 Å². The SMILES string of the molecule is COc1cccc(OC[C@@H](O)CN2CCC(CN3C(=O)c4cccc5cccc(c45)C3=O)CC2)c1. The molecule has 0 bridgehead atoms. The van der Waals surface area contributed by atoms with Gasteiger partial charge in [-0.15, -0.1) is 0 Å². The van der Waals surface area contributed by atoms with Crippen molar-refractivity contribution < 1.29 is 24.2 Å². The van der Waals surface area contributed by atoms with Gasteiger partial charge in [0.25, 0.3) is 11.8 Å².